The molecule has 0 unspecified atom stereocenters. The van der Waals surface area contributed by atoms with Crippen molar-refractivity contribution in [2.45, 2.75) is 33.1 Å². The molecule has 0 aliphatic heterocycles. The number of aryl methyl sites for hydroxylation is 3. The zero-order valence-corrected chi connectivity index (χ0v) is 13.4. The first kappa shape index (κ1) is 15.3. The van der Waals surface area contributed by atoms with Crippen LogP contribution in [0.5, 0.6) is 0 Å². The van der Waals surface area contributed by atoms with Crippen LogP contribution in [0.4, 0.5) is 11.7 Å². The van der Waals surface area contributed by atoms with E-state index in [0.29, 0.717) is 12.4 Å². The van der Waals surface area contributed by atoms with Crippen molar-refractivity contribution in [1.29, 1.82) is 0 Å². The molecule has 0 aliphatic carbocycles. The van der Waals surface area contributed by atoms with Gasteiger partial charge in [-0.2, -0.15) is 4.98 Å². The van der Waals surface area contributed by atoms with Crippen molar-refractivity contribution in [3.8, 4) is 0 Å². The molecule has 3 aromatic rings. The van der Waals surface area contributed by atoms with E-state index < -0.39 is 0 Å². The number of aldehydes is 1. The number of fused-ring (bicyclic) bond motifs is 1. The number of hydrogen-bond donors (Lipinski definition) is 1. The quantitative estimate of drug-likeness (QED) is 0.677. The van der Waals surface area contributed by atoms with Crippen LogP contribution in [-0.2, 0) is 17.6 Å². The zero-order valence-electron chi connectivity index (χ0n) is 13.4. The molecule has 0 saturated heterocycles. The molecule has 1 heterocycles. The predicted octanol–water partition coefficient (Wildman–Crippen LogP) is 4.57. The summed E-state index contributed by atoms with van der Waals surface area (Å²) in [7, 11) is 0. The number of carbonyl (C=O) groups excluding carboxylic acids is 1. The molecule has 1 N–H and O–H groups in total. The molecule has 3 rings (SSSR count). The van der Waals surface area contributed by atoms with E-state index in [4.69, 9.17) is 4.42 Å². The normalized spacial score (nSPS) is 10.9. The van der Waals surface area contributed by atoms with Crippen molar-refractivity contribution in [3.63, 3.8) is 0 Å². The Morgan fingerprint density at radius 3 is 2.83 bits per heavy atom. The lowest BCUT2D eigenvalue weighted by molar-refractivity contribution is -0.107. The number of para-hydroxylation sites is 1. The number of nitrogens with one attached hydrogen (secondary N) is 1. The number of rotatable bonds is 6. The van der Waals surface area contributed by atoms with Gasteiger partial charge in [-0.3, -0.25) is 0 Å². The SMILES string of the molecule is CCc1cc(CCC=O)cc2oc(Nc3ccccc3C)nc12. The molecule has 0 bridgehead atoms. The summed E-state index contributed by atoms with van der Waals surface area (Å²) >= 11 is 0. The fourth-order valence-electron chi connectivity index (χ4n) is 2.68. The van der Waals surface area contributed by atoms with Crippen molar-refractivity contribution >= 4 is 29.1 Å². The van der Waals surface area contributed by atoms with Crippen molar-refractivity contribution in [2.75, 3.05) is 5.32 Å². The van der Waals surface area contributed by atoms with Gasteiger partial charge in [0.1, 0.15) is 11.8 Å². The third-order valence-corrected chi connectivity index (χ3v) is 3.95. The molecule has 0 fully saturated rings. The highest BCUT2D eigenvalue weighted by Gasteiger charge is 2.12. The number of anilines is 2. The number of aromatic nitrogens is 1. The topological polar surface area (TPSA) is 55.1 Å². The molecule has 4 nitrogen and oxygen atoms in total. The van der Waals surface area contributed by atoms with E-state index in [0.717, 1.165) is 52.6 Å². The van der Waals surface area contributed by atoms with Gasteiger partial charge in [0, 0.05) is 12.1 Å². The summed E-state index contributed by atoms with van der Waals surface area (Å²) in [5.74, 6) is 0. The third kappa shape index (κ3) is 3.26. The van der Waals surface area contributed by atoms with Gasteiger partial charge in [0.2, 0.25) is 0 Å². The van der Waals surface area contributed by atoms with Gasteiger partial charge in [0.25, 0.3) is 6.01 Å². The first-order valence-electron chi connectivity index (χ1n) is 7.90. The van der Waals surface area contributed by atoms with Crippen LogP contribution in [0.1, 0.15) is 30.0 Å². The maximum atomic E-state index is 10.6. The first-order chi connectivity index (χ1) is 11.2. The van der Waals surface area contributed by atoms with Crippen LogP contribution < -0.4 is 5.32 Å². The van der Waals surface area contributed by atoms with E-state index in [9.17, 15) is 4.79 Å². The van der Waals surface area contributed by atoms with E-state index in [1.807, 2.05) is 37.3 Å². The molecule has 0 atom stereocenters. The van der Waals surface area contributed by atoms with Crippen molar-refractivity contribution < 1.29 is 9.21 Å². The van der Waals surface area contributed by atoms with E-state index >= 15 is 0 Å². The van der Waals surface area contributed by atoms with Gasteiger partial charge in [0.05, 0.1) is 0 Å². The molecule has 118 valence electrons. The van der Waals surface area contributed by atoms with Gasteiger partial charge >= 0.3 is 0 Å². The average molecular weight is 308 g/mol. The van der Waals surface area contributed by atoms with Gasteiger partial charge in [-0.25, -0.2) is 0 Å². The second kappa shape index (κ2) is 6.65. The summed E-state index contributed by atoms with van der Waals surface area (Å²) in [5.41, 5.74) is 6.03. The molecule has 0 saturated carbocycles. The summed E-state index contributed by atoms with van der Waals surface area (Å²) in [6.45, 7) is 4.14. The second-order valence-electron chi connectivity index (χ2n) is 5.62. The molecule has 0 aliphatic rings. The van der Waals surface area contributed by atoms with Crippen LogP contribution in [-0.4, -0.2) is 11.3 Å². The predicted molar refractivity (Wildman–Crippen MR) is 92.2 cm³/mol. The van der Waals surface area contributed by atoms with Crippen molar-refractivity contribution in [2.24, 2.45) is 0 Å². The van der Waals surface area contributed by atoms with Crippen LogP contribution >= 0.6 is 0 Å². The molecule has 2 aromatic carbocycles. The maximum Gasteiger partial charge on any atom is 0.300 e. The largest absolute Gasteiger partial charge is 0.423 e. The standard InChI is InChI=1S/C19H20N2O2/c1-3-15-11-14(8-6-10-22)12-17-18(15)21-19(23-17)20-16-9-5-4-7-13(16)2/h4-5,7,9-12H,3,6,8H2,1-2H3,(H,20,21). The van der Waals surface area contributed by atoms with E-state index in [1.165, 1.54) is 0 Å². The Morgan fingerprint density at radius 2 is 2.09 bits per heavy atom. The number of oxazole rings is 1. The summed E-state index contributed by atoms with van der Waals surface area (Å²) < 4.78 is 5.88. The number of hydrogen-bond acceptors (Lipinski definition) is 4. The molecule has 4 heteroatoms. The molecular formula is C19H20N2O2. The van der Waals surface area contributed by atoms with Gasteiger partial charge in [-0.1, -0.05) is 31.2 Å². The highest BCUT2D eigenvalue weighted by atomic mass is 16.4. The zero-order chi connectivity index (χ0) is 16.2. The Hall–Kier alpha value is -2.62. The smallest absolute Gasteiger partial charge is 0.300 e. The molecule has 0 amide bonds. The third-order valence-electron chi connectivity index (χ3n) is 3.95. The number of carbonyl (C=O) groups is 1. The highest BCUT2D eigenvalue weighted by Crippen LogP contribution is 2.27. The minimum atomic E-state index is 0.497. The summed E-state index contributed by atoms with van der Waals surface area (Å²) in [6, 6.07) is 12.6. The van der Waals surface area contributed by atoms with Crippen molar-refractivity contribution in [3.05, 3.63) is 53.1 Å². The lowest BCUT2D eigenvalue weighted by atomic mass is 10.0. The Morgan fingerprint density at radius 1 is 1.26 bits per heavy atom. The Balaban J connectivity index is 1.97. The Labute approximate surface area is 135 Å². The minimum Gasteiger partial charge on any atom is -0.423 e. The van der Waals surface area contributed by atoms with Crippen LogP contribution in [0.3, 0.4) is 0 Å². The van der Waals surface area contributed by atoms with E-state index in [-0.39, 0.29) is 0 Å². The molecule has 0 radical (unpaired) electrons. The van der Waals surface area contributed by atoms with Crippen LogP contribution in [0.15, 0.2) is 40.8 Å². The monoisotopic (exact) mass is 308 g/mol. The fraction of sp³-hybridized carbons (Fsp3) is 0.263. The van der Waals surface area contributed by atoms with Crippen LogP contribution in [0.25, 0.3) is 11.1 Å². The molecule has 1 aromatic heterocycles. The molecule has 0 spiro atoms. The summed E-state index contributed by atoms with van der Waals surface area (Å²) in [6.07, 6.45) is 3.08. The van der Waals surface area contributed by atoms with Gasteiger partial charge in [-0.05, 0) is 48.6 Å². The molecular weight excluding hydrogens is 288 g/mol. The van der Waals surface area contributed by atoms with Crippen molar-refractivity contribution in [1.82, 2.24) is 4.98 Å². The summed E-state index contributed by atoms with van der Waals surface area (Å²) in [4.78, 5) is 15.2. The molecule has 23 heavy (non-hydrogen) atoms. The first-order valence-corrected chi connectivity index (χ1v) is 7.90. The number of benzene rings is 2. The van der Waals surface area contributed by atoms with E-state index in [2.05, 4.69) is 23.3 Å². The Bertz CT molecular complexity index is 837. The Kier molecular flexibility index (Phi) is 4.42. The van der Waals surface area contributed by atoms with Crippen LogP contribution in [0, 0.1) is 6.92 Å². The van der Waals surface area contributed by atoms with Gasteiger partial charge < -0.3 is 14.5 Å². The fourth-order valence-corrected chi connectivity index (χ4v) is 2.68. The minimum absolute atomic E-state index is 0.497. The summed E-state index contributed by atoms with van der Waals surface area (Å²) in [5, 5.41) is 3.24. The van der Waals surface area contributed by atoms with E-state index in [1.54, 1.807) is 0 Å². The van der Waals surface area contributed by atoms with Gasteiger partial charge in [-0.15, -0.1) is 0 Å². The lowest BCUT2D eigenvalue weighted by Crippen LogP contribution is -1.93. The van der Waals surface area contributed by atoms with Gasteiger partial charge in [0.15, 0.2) is 5.58 Å². The maximum absolute atomic E-state index is 10.6. The number of nitrogens with zero attached hydrogens (tertiary/aromatic N) is 1. The lowest BCUT2D eigenvalue weighted by Gasteiger charge is -2.04. The second-order valence-corrected chi connectivity index (χ2v) is 5.62. The average Bonchev–Trinajstić information content (AvgIpc) is 2.96. The van der Waals surface area contributed by atoms with Crippen LogP contribution in [0.2, 0.25) is 0 Å². The highest BCUT2D eigenvalue weighted by molar-refractivity contribution is 5.80.